The van der Waals surface area contributed by atoms with Crippen molar-refractivity contribution in [1.29, 1.82) is 0 Å². The highest BCUT2D eigenvalue weighted by molar-refractivity contribution is 6.32. The Balaban J connectivity index is 0.00000312. The third-order valence-electron chi connectivity index (χ3n) is 4.16. The van der Waals surface area contributed by atoms with Crippen LogP contribution in [0.5, 0.6) is 5.75 Å². The van der Waals surface area contributed by atoms with Gasteiger partial charge < -0.3 is 15.2 Å². The molecule has 1 aromatic carbocycles. The summed E-state index contributed by atoms with van der Waals surface area (Å²) in [6, 6.07) is 4.14. The first-order valence-electron chi connectivity index (χ1n) is 7.75. The molecule has 0 amide bonds. The summed E-state index contributed by atoms with van der Waals surface area (Å²) in [6.07, 6.45) is -4.78. The van der Waals surface area contributed by atoms with Crippen molar-refractivity contribution in [3.63, 3.8) is 0 Å². The van der Waals surface area contributed by atoms with E-state index in [9.17, 15) is 18.3 Å². The number of ether oxygens (including phenoxy) is 1. The van der Waals surface area contributed by atoms with Gasteiger partial charge in [0.2, 0.25) is 0 Å². The van der Waals surface area contributed by atoms with Crippen LogP contribution in [0.25, 0.3) is 0 Å². The molecule has 1 aliphatic rings. The van der Waals surface area contributed by atoms with Crippen molar-refractivity contribution in [3.8, 4) is 5.75 Å². The third-order valence-corrected chi connectivity index (χ3v) is 4.46. The second-order valence-electron chi connectivity index (χ2n) is 6.57. The van der Waals surface area contributed by atoms with E-state index in [0.717, 1.165) is 31.7 Å². The van der Waals surface area contributed by atoms with Crippen molar-refractivity contribution in [2.75, 3.05) is 32.8 Å². The molecule has 4 nitrogen and oxygen atoms in total. The van der Waals surface area contributed by atoms with Crippen molar-refractivity contribution in [1.82, 2.24) is 10.2 Å². The molecule has 144 valence electrons. The Labute approximate surface area is 156 Å². The van der Waals surface area contributed by atoms with Crippen molar-refractivity contribution in [2.24, 2.45) is 5.41 Å². The Hall–Kier alpha value is -0.730. The highest BCUT2D eigenvalue weighted by Gasteiger charge is 2.37. The van der Waals surface area contributed by atoms with Crippen LogP contribution in [0.3, 0.4) is 0 Å². The Bertz CT molecular complexity index is 565. The minimum Gasteiger partial charge on any atom is -0.404 e. The largest absolute Gasteiger partial charge is 0.573 e. The van der Waals surface area contributed by atoms with Crippen LogP contribution in [0.15, 0.2) is 18.2 Å². The standard InChI is InChI=1S/C16H22ClF3N2O2.ClH/c1-15(2,10-23)14(22-7-5-21-6-8-22)11-3-4-13(12(17)9-11)24-16(18,19)20;/h3-4,9,14,21,23H,5-8,10H2,1-2H3;1H/t14-;/m0./s1. The number of aliphatic hydroxyl groups excluding tert-OH is 1. The highest BCUT2D eigenvalue weighted by atomic mass is 35.5. The van der Waals surface area contributed by atoms with Gasteiger partial charge in [-0.25, -0.2) is 0 Å². The number of aliphatic hydroxyl groups is 1. The molecule has 1 heterocycles. The molecule has 0 aliphatic carbocycles. The lowest BCUT2D eigenvalue weighted by Gasteiger charge is -2.43. The molecule has 0 spiro atoms. The summed E-state index contributed by atoms with van der Waals surface area (Å²) in [6.45, 7) is 7.00. The highest BCUT2D eigenvalue weighted by Crippen LogP contribution is 2.41. The van der Waals surface area contributed by atoms with Gasteiger partial charge in [0.25, 0.3) is 0 Å². The number of rotatable bonds is 5. The summed E-state index contributed by atoms with van der Waals surface area (Å²) in [7, 11) is 0. The maximum atomic E-state index is 12.4. The summed E-state index contributed by atoms with van der Waals surface area (Å²) in [4.78, 5) is 2.21. The molecule has 9 heteroatoms. The van der Waals surface area contributed by atoms with Crippen LogP contribution in [0.4, 0.5) is 13.2 Å². The maximum absolute atomic E-state index is 12.4. The van der Waals surface area contributed by atoms with Crippen molar-refractivity contribution in [3.05, 3.63) is 28.8 Å². The fraction of sp³-hybridized carbons (Fsp3) is 0.625. The summed E-state index contributed by atoms with van der Waals surface area (Å²) in [5.74, 6) is -0.422. The fourth-order valence-electron chi connectivity index (χ4n) is 3.08. The van der Waals surface area contributed by atoms with Gasteiger partial charge in [-0.1, -0.05) is 31.5 Å². The quantitative estimate of drug-likeness (QED) is 0.789. The van der Waals surface area contributed by atoms with Crippen LogP contribution < -0.4 is 10.1 Å². The Morgan fingerprint density at radius 1 is 1.28 bits per heavy atom. The van der Waals surface area contributed by atoms with E-state index in [0.29, 0.717) is 0 Å². The molecule has 2 N–H and O–H groups in total. The van der Waals surface area contributed by atoms with Gasteiger partial charge >= 0.3 is 6.36 Å². The van der Waals surface area contributed by atoms with E-state index in [-0.39, 0.29) is 30.1 Å². The molecule has 0 radical (unpaired) electrons. The molecule has 0 unspecified atom stereocenters. The van der Waals surface area contributed by atoms with Gasteiger partial charge in [-0.05, 0) is 17.7 Å². The summed E-state index contributed by atoms with van der Waals surface area (Å²) in [5, 5.41) is 12.9. The van der Waals surface area contributed by atoms with Crippen molar-refractivity contribution in [2.45, 2.75) is 26.3 Å². The topological polar surface area (TPSA) is 44.7 Å². The average Bonchev–Trinajstić information content (AvgIpc) is 2.50. The molecule has 0 bridgehead atoms. The van der Waals surface area contributed by atoms with Gasteiger partial charge in [-0.3, -0.25) is 4.90 Å². The van der Waals surface area contributed by atoms with Crippen LogP contribution in [0.2, 0.25) is 5.02 Å². The Morgan fingerprint density at radius 3 is 2.36 bits per heavy atom. The SMILES string of the molecule is CC(C)(CO)[C@H](c1ccc(OC(F)(F)F)c(Cl)c1)N1CCNCC1.Cl. The van der Waals surface area contributed by atoms with E-state index in [1.807, 2.05) is 13.8 Å². The molecule has 1 aliphatic heterocycles. The molecular formula is C16H23Cl2F3N2O2. The van der Waals surface area contributed by atoms with Crippen molar-refractivity contribution >= 4 is 24.0 Å². The Kier molecular flexibility index (Phi) is 7.83. The first-order valence-corrected chi connectivity index (χ1v) is 8.13. The zero-order valence-corrected chi connectivity index (χ0v) is 15.6. The molecule has 1 aromatic rings. The Morgan fingerprint density at radius 2 is 1.88 bits per heavy atom. The number of halogens is 5. The maximum Gasteiger partial charge on any atom is 0.573 e. The van der Waals surface area contributed by atoms with Gasteiger partial charge in [0.15, 0.2) is 0 Å². The van der Waals surface area contributed by atoms with E-state index in [2.05, 4.69) is 15.0 Å². The van der Waals surface area contributed by atoms with Crippen LogP contribution in [-0.4, -0.2) is 49.2 Å². The summed E-state index contributed by atoms with van der Waals surface area (Å²) in [5.41, 5.74) is 0.281. The summed E-state index contributed by atoms with van der Waals surface area (Å²) < 4.78 is 41.1. The average molecular weight is 403 g/mol. The molecule has 1 saturated heterocycles. The number of nitrogens with zero attached hydrogens (tertiary/aromatic N) is 1. The molecule has 0 aromatic heterocycles. The number of benzene rings is 1. The van der Waals surface area contributed by atoms with E-state index in [1.54, 1.807) is 6.07 Å². The first-order chi connectivity index (χ1) is 11.1. The van der Waals surface area contributed by atoms with E-state index in [4.69, 9.17) is 11.6 Å². The molecule has 0 saturated carbocycles. The lowest BCUT2D eigenvalue weighted by Crippen LogP contribution is -2.49. The van der Waals surface area contributed by atoms with E-state index < -0.39 is 17.5 Å². The lowest BCUT2D eigenvalue weighted by molar-refractivity contribution is -0.274. The van der Waals surface area contributed by atoms with Crippen molar-refractivity contribution < 1.29 is 23.0 Å². The fourth-order valence-corrected chi connectivity index (χ4v) is 3.31. The monoisotopic (exact) mass is 402 g/mol. The normalized spacial score (nSPS) is 17.7. The van der Waals surface area contributed by atoms with Crippen LogP contribution in [0.1, 0.15) is 25.5 Å². The van der Waals surface area contributed by atoms with E-state index >= 15 is 0 Å². The smallest absolute Gasteiger partial charge is 0.404 e. The van der Waals surface area contributed by atoms with Crippen LogP contribution in [0, 0.1) is 5.41 Å². The molecule has 1 fully saturated rings. The van der Waals surface area contributed by atoms with Gasteiger partial charge in [0, 0.05) is 44.2 Å². The number of hydrogen-bond donors (Lipinski definition) is 2. The molecule has 1 atom stereocenters. The first kappa shape index (κ1) is 22.3. The van der Waals surface area contributed by atoms with Gasteiger partial charge in [-0.15, -0.1) is 25.6 Å². The number of piperazine rings is 1. The molecular weight excluding hydrogens is 380 g/mol. The predicted octanol–water partition coefficient (Wildman–Crippen LogP) is 3.63. The number of alkyl halides is 3. The minimum atomic E-state index is -4.78. The number of nitrogens with one attached hydrogen (secondary N) is 1. The summed E-state index contributed by atoms with van der Waals surface area (Å²) >= 11 is 5.99. The van der Waals surface area contributed by atoms with Gasteiger partial charge in [0.1, 0.15) is 5.75 Å². The van der Waals surface area contributed by atoms with Gasteiger partial charge in [0.05, 0.1) is 5.02 Å². The zero-order valence-electron chi connectivity index (χ0n) is 14.1. The third kappa shape index (κ3) is 5.89. The minimum absolute atomic E-state index is 0. The lowest BCUT2D eigenvalue weighted by atomic mass is 9.79. The molecule has 25 heavy (non-hydrogen) atoms. The molecule has 2 rings (SSSR count). The second-order valence-corrected chi connectivity index (χ2v) is 6.98. The second kappa shape index (κ2) is 8.77. The van der Waals surface area contributed by atoms with Crippen LogP contribution in [-0.2, 0) is 0 Å². The predicted molar refractivity (Wildman–Crippen MR) is 93.4 cm³/mol. The zero-order chi connectivity index (χ0) is 18.0. The van der Waals surface area contributed by atoms with E-state index in [1.165, 1.54) is 12.1 Å². The number of hydrogen-bond acceptors (Lipinski definition) is 4. The van der Waals surface area contributed by atoms with Gasteiger partial charge in [-0.2, -0.15) is 0 Å². The van der Waals surface area contributed by atoms with Crippen LogP contribution >= 0.6 is 24.0 Å².